The minimum Gasteiger partial charge on any atom is -0.385 e. The standard InChI is InChI=1S/C21H22N4O/c26-13-25(17-7-8-17)20-11-19(18-9-10-22-21(18)24-20)15-3-5-16(6-4-15)23-12-14-1-2-14/h3-6,9-11,13-14,17,23H,1-2,7-8,12H2,(H,22,24). The van der Waals surface area contributed by atoms with Crippen molar-refractivity contribution in [2.75, 3.05) is 16.8 Å². The molecule has 5 rings (SSSR count). The summed E-state index contributed by atoms with van der Waals surface area (Å²) in [5, 5.41) is 4.58. The molecule has 1 aromatic carbocycles. The van der Waals surface area contributed by atoms with E-state index < -0.39 is 0 Å². The number of pyridine rings is 1. The van der Waals surface area contributed by atoms with Crippen LogP contribution in [0.2, 0.25) is 0 Å². The predicted octanol–water partition coefficient (Wildman–Crippen LogP) is 4.18. The number of hydrogen-bond donors (Lipinski definition) is 2. The van der Waals surface area contributed by atoms with Crippen molar-refractivity contribution in [2.45, 2.75) is 31.7 Å². The third-order valence-electron chi connectivity index (χ3n) is 5.32. The second-order valence-corrected chi connectivity index (χ2v) is 7.41. The van der Waals surface area contributed by atoms with Crippen LogP contribution in [0.15, 0.2) is 42.6 Å². The minimum atomic E-state index is 0.300. The lowest BCUT2D eigenvalue weighted by Gasteiger charge is -2.17. The molecule has 2 saturated carbocycles. The highest BCUT2D eigenvalue weighted by molar-refractivity contribution is 5.96. The number of amides is 1. The highest BCUT2D eigenvalue weighted by Crippen LogP contribution is 2.35. The number of aromatic nitrogens is 2. The van der Waals surface area contributed by atoms with Gasteiger partial charge in [-0.25, -0.2) is 4.98 Å². The predicted molar refractivity (Wildman–Crippen MR) is 104 cm³/mol. The van der Waals surface area contributed by atoms with E-state index in [1.165, 1.54) is 12.8 Å². The third-order valence-corrected chi connectivity index (χ3v) is 5.32. The zero-order chi connectivity index (χ0) is 17.5. The number of benzene rings is 1. The van der Waals surface area contributed by atoms with Gasteiger partial charge in [0.2, 0.25) is 6.41 Å². The van der Waals surface area contributed by atoms with E-state index in [-0.39, 0.29) is 0 Å². The lowest BCUT2D eigenvalue weighted by atomic mass is 10.0. The van der Waals surface area contributed by atoms with Gasteiger partial charge in [0.1, 0.15) is 11.5 Å². The minimum absolute atomic E-state index is 0.300. The van der Waals surface area contributed by atoms with Gasteiger partial charge in [0.15, 0.2) is 0 Å². The summed E-state index contributed by atoms with van der Waals surface area (Å²) < 4.78 is 0. The number of aromatic amines is 1. The van der Waals surface area contributed by atoms with Crippen LogP contribution in [0.4, 0.5) is 11.5 Å². The van der Waals surface area contributed by atoms with Crippen molar-refractivity contribution in [3.05, 3.63) is 42.6 Å². The number of hydrogen-bond acceptors (Lipinski definition) is 3. The smallest absolute Gasteiger partial charge is 0.215 e. The molecule has 26 heavy (non-hydrogen) atoms. The first kappa shape index (κ1) is 15.4. The van der Waals surface area contributed by atoms with Crippen molar-refractivity contribution in [3.63, 3.8) is 0 Å². The Kier molecular flexibility index (Phi) is 3.66. The molecule has 2 aliphatic rings. The molecule has 0 atom stereocenters. The molecule has 2 aromatic heterocycles. The molecule has 132 valence electrons. The Hall–Kier alpha value is -2.82. The van der Waals surface area contributed by atoms with Gasteiger partial charge in [0.25, 0.3) is 0 Å². The summed E-state index contributed by atoms with van der Waals surface area (Å²) in [5.74, 6) is 1.58. The highest BCUT2D eigenvalue weighted by Gasteiger charge is 2.30. The SMILES string of the molecule is O=CN(c1cc(-c2ccc(NCC3CC3)cc2)c2cc[nH]c2n1)C1CC1. The van der Waals surface area contributed by atoms with E-state index in [9.17, 15) is 4.79 Å². The molecule has 2 fully saturated rings. The topological polar surface area (TPSA) is 61.0 Å². The quantitative estimate of drug-likeness (QED) is 0.631. The molecule has 0 aliphatic heterocycles. The summed E-state index contributed by atoms with van der Waals surface area (Å²) in [6, 6.07) is 12.9. The Balaban J connectivity index is 1.50. The number of carbonyl (C=O) groups is 1. The molecular weight excluding hydrogens is 324 g/mol. The van der Waals surface area contributed by atoms with Gasteiger partial charge in [0.05, 0.1) is 0 Å². The first-order valence-electron chi connectivity index (χ1n) is 9.38. The number of H-pyrrole nitrogens is 1. The van der Waals surface area contributed by atoms with Gasteiger partial charge < -0.3 is 10.3 Å². The highest BCUT2D eigenvalue weighted by atomic mass is 16.1. The molecule has 3 aromatic rings. The number of carbonyl (C=O) groups excluding carboxylic acids is 1. The number of nitrogens with zero attached hydrogens (tertiary/aromatic N) is 2. The molecular formula is C21H22N4O. The number of fused-ring (bicyclic) bond motifs is 1. The fourth-order valence-corrected chi connectivity index (χ4v) is 3.43. The first-order chi connectivity index (χ1) is 12.8. The maximum absolute atomic E-state index is 11.6. The average molecular weight is 346 g/mol. The van der Waals surface area contributed by atoms with Crippen molar-refractivity contribution in [1.82, 2.24) is 9.97 Å². The van der Waals surface area contributed by atoms with E-state index in [2.05, 4.69) is 39.6 Å². The molecule has 0 radical (unpaired) electrons. The molecule has 0 unspecified atom stereocenters. The van der Waals surface area contributed by atoms with Crippen LogP contribution >= 0.6 is 0 Å². The second-order valence-electron chi connectivity index (χ2n) is 7.41. The molecule has 2 aliphatic carbocycles. The van der Waals surface area contributed by atoms with Crippen LogP contribution in [-0.2, 0) is 4.79 Å². The summed E-state index contributed by atoms with van der Waals surface area (Å²) in [5.41, 5.74) is 4.22. The molecule has 2 N–H and O–H groups in total. The summed E-state index contributed by atoms with van der Waals surface area (Å²) in [6.45, 7) is 1.07. The summed E-state index contributed by atoms with van der Waals surface area (Å²) in [6.07, 6.45) is 7.62. The van der Waals surface area contributed by atoms with E-state index in [1.54, 1.807) is 4.90 Å². The van der Waals surface area contributed by atoms with Gasteiger partial charge in [-0.15, -0.1) is 0 Å². The Morgan fingerprint density at radius 2 is 1.96 bits per heavy atom. The van der Waals surface area contributed by atoms with Crippen molar-refractivity contribution in [2.24, 2.45) is 5.92 Å². The van der Waals surface area contributed by atoms with Gasteiger partial charge in [-0.2, -0.15) is 0 Å². The number of nitrogens with one attached hydrogen (secondary N) is 2. The van der Waals surface area contributed by atoms with E-state index in [0.29, 0.717) is 6.04 Å². The van der Waals surface area contributed by atoms with Crippen LogP contribution in [0.25, 0.3) is 22.2 Å². The van der Waals surface area contributed by atoms with Crippen LogP contribution < -0.4 is 10.2 Å². The van der Waals surface area contributed by atoms with Crippen LogP contribution in [0, 0.1) is 5.92 Å². The molecule has 2 heterocycles. The van der Waals surface area contributed by atoms with Crippen molar-refractivity contribution < 1.29 is 4.79 Å². The van der Waals surface area contributed by atoms with Gasteiger partial charge in [0, 0.05) is 29.9 Å². The lowest BCUT2D eigenvalue weighted by molar-refractivity contribution is -0.107. The molecule has 0 spiro atoms. The van der Waals surface area contributed by atoms with Crippen LogP contribution in [0.1, 0.15) is 25.7 Å². The molecule has 1 amide bonds. The van der Waals surface area contributed by atoms with E-state index in [4.69, 9.17) is 0 Å². The monoisotopic (exact) mass is 346 g/mol. The third kappa shape index (κ3) is 2.94. The maximum atomic E-state index is 11.6. The Labute approximate surface area is 152 Å². The molecule has 5 nitrogen and oxygen atoms in total. The Morgan fingerprint density at radius 3 is 2.65 bits per heavy atom. The van der Waals surface area contributed by atoms with Crippen LogP contribution in [0.5, 0.6) is 0 Å². The Morgan fingerprint density at radius 1 is 1.15 bits per heavy atom. The van der Waals surface area contributed by atoms with Crippen LogP contribution in [-0.4, -0.2) is 29.0 Å². The largest absolute Gasteiger partial charge is 0.385 e. The van der Waals surface area contributed by atoms with Crippen molar-refractivity contribution in [3.8, 4) is 11.1 Å². The van der Waals surface area contributed by atoms with Gasteiger partial charge >= 0.3 is 0 Å². The van der Waals surface area contributed by atoms with Crippen molar-refractivity contribution >= 4 is 28.9 Å². The summed E-state index contributed by atoms with van der Waals surface area (Å²) in [7, 11) is 0. The number of anilines is 2. The normalized spacial score (nSPS) is 16.6. The van der Waals surface area contributed by atoms with Gasteiger partial charge in [-0.1, -0.05) is 12.1 Å². The van der Waals surface area contributed by atoms with E-state index >= 15 is 0 Å². The first-order valence-corrected chi connectivity index (χ1v) is 9.38. The van der Waals surface area contributed by atoms with Gasteiger partial charge in [-0.3, -0.25) is 9.69 Å². The lowest BCUT2D eigenvalue weighted by Crippen LogP contribution is -2.24. The van der Waals surface area contributed by atoms with Crippen LogP contribution in [0.3, 0.4) is 0 Å². The maximum Gasteiger partial charge on any atom is 0.215 e. The fraction of sp³-hybridized carbons (Fsp3) is 0.333. The van der Waals surface area contributed by atoms with Crippen molar-refractivity contribution in [1.29, 1.82) is 0 Å². The molecule has 0 saturated heterocycles. The summed E-state index contributed by atoms with van der Waals surface area (Å²) in [4.78, 5) is 21.2. The molecule has 5 heteroatoms. The summed E-state index contributed by atoms with van der Waals surface area (Å²) >= 11 is 0. The fourth-order valence-electron chi connectivity index (χ4n) is 3.43. The van der Waals surface area contributed by atoms with E-state index in [0.717, 1.165) is 65.4 Å². The molecule has 0 bridgehead atoms. The zero-order valence-corrected chi connectivity index (χ0v) is 14.6. The second kappa shape index (κ2) is 6.16. The zero-order valence-electron chi connectivity index (χ0n) is 14.6. The Bertz CT molecular complexity index is 938. The number of rotatable bonds is 7. The van der Waals surface area contributed by atoms with E-state index in [1.807, 2.05) is 18.3 Å². The average Bonchev–Trinajstić information content (AvgIpc) is 3.60. The van der Waals surface area contributed by atoms with Gasteiger partial charge in [-0.05, 0) is 67.0 Å².